The maximum absolute atomic E-state index is 12.2. The molecule has 0 atom stereocenters. The molecule has 1 N–H and O–H groups in total. The number of fused-ring (bicyclic) bond motifs is 1. The van der Waals surface area contributed by atoms with Crippen molar-refractivity contribution in [3.8, 4) is 0 Å². The molecule has 19 heavy (non-hydrogen) atoms. The van der Waals surface area contributed by atoms with Crippen LogP contribution in [0.1, 0.15) is 38.2 Å². The number of carbonyl (C=O) groups is 1. The molecule has 0 bridgehead atoms. The van der Waals surface area contributed by atoms with Gasteiger partial charge in [-0.2, -0.15) is 4.98 Å². The monoisotopic (exact) mass is 281 g/mol. The minimum absolute atomic E-state index is 0.0538. The van der Waals surface area contributed by atoms with Gasteiger partial charge in [-0.05, 0) is 44.2 Å². The fraction of sp³-hybridized carbons (Fsp3) is 0.615. The Morgan fingerprint density at radius 1 is 1.47 bits per heavy atom. The molecule has 0 saturated heterocycles. The number of carbonyl (C=O) groups excluding carboxylic acids is 1. The quantitative estimate of drug-likeness (QED) is 0.796. The molecule has 1 saturated carbocycles. The van der Waals surface area contributed by atoms with E-state index in [1.165, 1.54) is 0 Å². The molecule has 1 amide bonds. The van der Waals surface area contributed by atoms with E-state index in [0.717, 1.165) is 18.4 Å². The van der Waals surface area contributed by atoms with Crippen molar-refractivity contribution in [2.45, 2.75) is 50.7 Å². The van der Waals surface area contributed by atoms with Gasteiger partial charge in [0.05, 0.1) is 12.0 Å². The molecule has 2 heterocycles. The normalized spacial score (nSPS) is 30.6. The molecule has 1 aliphatic carbocycles. The van der Waals surface area contributed by atoms with Gasteiger partial charge in [-0.3, -0.25) is 9.69 Å². The molecular weight excluding hydrogens is 266 g/mol. The number of aromatic nitrogens is 2. The van der Waals surface area contributed by atoms with E-state index >= 15 is 0 Å². The average molecular weight is 282 g/mol. The van der Waals surface area contributed by atoms with Crippen LogP contribution in [0.15, 0.2) is 6.20 Å². The predicted octanol–water partition coefficient (Wildman–Crippen LogP) is 1.71. The van der Waals surface area contributed by atoms with Crippen LogP contribution in [0.2, 0.25) is 5.28 Å². The summed E-state index contributed by atoms with van der Waals surface area (Å²) < 4.78 is 0. The Hall–Kier alpha value is -1.20. The van der Waals surface area contributed by atoms with Crippen LogP contribution < -0.4 is 4.90 Å². The lowest BCUT2D eigenvalue weighted by molar-refractivity contribution is -0.118. The minimum atomic E-state index is -0.606. The smallest absolute Gasteiger partial charge is 0.233 e. The van der Waals surface area contributed by atoms with Crippen LogP contribution in [0, 0.1) is 0 Å². The lowest BCUT2D eigenvalue weighted by Gasteiger charge is -2.37. The molecule has 5 nitrogen and oxygen atoms in total. The van der Waals surface area contributed by atoms with Crippen molar-refractivity contribution in [1.29, 1.82) is 0 Å². The molecule has 2 aliphatic rings. The van der Waals surface area contributed by atoms with E-state index in [1.807, 2.05) is 6.92 Å². The lowest BCUT2D eigenvalue weighted by Crippen LogP contribution is -2.44. The van der Waals surface area contributed by atoms with E-state index in [4.69, 9.17) is 11.6 Å². The van der Waals surface area contributed by atoms with Crippen molar-refractivity contribution in [3.05, 3.63) is 17.0 Å². The highest BCUT2D eigenvalue weighted by atomic mass is 35.5. The van der Waals surface area contributed by atoms with Gasteiger partial charge in [-0.15, -0.1) is 0 Å². The topological polar surface area (TPSA) is 66.3 Å². The van der Waals surface area contributed by atoms with E-state index in [-0.39, 0.29) is 17.2 Å². The van der Waals surface area contributed by atoms with Crippen LogP contribution in [-0.4, -0.2) is 32.6 Å². The first kappa shape index (κ1) is 12.8. The maximum Gasteiger partial charge on any atom is 0.233 e. The van der Waals surface area contributed by atoms with E-state index in [9.17, 15) is 9.90 Å². The zero-order chi connectivity index (χ0) is 13.6. The molecule has 0 spiro atoms. The van der Waals surface area contributed by atoms with Crippen LogP contribution in [0.3, 0.4) is 0 Å². The first-order chi connectivity index (χ1) is 8.96. The van der Waals surface area contributed by atoms with Crippen molar-refractivity contribution in [1.82, 2.24) is 9.97 Å². The highest BCUT2D eigenvalue weighted by molar-refractivity contribution is 6.28. The van der Waals surface area contributed by atoms with Gasteiger partial charge in [0.15, 0.2) is 0 Å². The highest BCUT2D eigenvalue weighted by Crippen LogP contribution is 2.36. The predicted molar refractivity (Wildman–Crippen MR) is 71.1 cm³/mol. The van der Waals surface area contributed by atoms with E-state index in [1.54, 1.807) is 11.1 Å². The Morgan fingerprint density at radius 3 is 2.84 bits per heavy atom. The van der Waals surface area contributed by atoms with Crippen LogP contribution in [0.5, 0.6) is 0 Å². The Morgan fingerprint density at radius 2 is 2.16 bits per heavy atom. The molecule has 0 unspecified atom stereocenters. The number of hydrogen-bond donors (Lipinski definition) is 1. The average Bonchev–Trinajstić information content (AvgIpc) is 2.65. The number of hydrogen-bond acceptors (Lipinski definition) is 4. The first-order valence-electron chi connectivity index (χ1n) is 6.52. The van der Waals surface area contributed by atoms with Crippen LogP contribution in [0.4, 0.5) is 5.82 Å². The van der Waals surface area contributed by atoms with E-state index in [2.05, 4.69) is 9.97 Å². The highest BCUT2D eigenvalue weighted by Gasteiger charge is 2.38. The molecule has 0 aromatic carbocycles. The molecule has 0 radical (unpaired) electrons. The Bertz CT molecular complexity index is 523. The zero-order valence-corrected chi connectivity index (χ0v) is 11.5. The second-order valence-electron chi connectivity index (χ2n) is 5.66. The summed E-state index contributed by atoms with van der Waals surface area (Å²) in [5.74, 6) is 0.703. The SMILES string of the molecule is CC1(O)CCC(N2C(=O)Cc3cnc(Cl)nc32)CC1. The van der Waals surface area contributed by atoms with Crippen LogP contribution >= 0.6 is 11.6 Å². The van der Waals surface area contributed by atoms with Gasteiger partial charge in [0.25, 0.3) is 0 Å². The summed E-state index contributed by atoms with van der Waals surface area (Å²) in [6, 6.07) is 0.111. The fourth-order valence-electron chi connectivity index (χ4n) is 2.94. The second kappa shape index (κ2) is 4.42. The molecule has 6 heteroatoms. The largest absolute Gasteiger partial charge is 0.390 e. The number of halogens is 1. The summed E-state index contributed by atoms with van der Waals surface area (Å²) >= 11 is 5.82. The van der Waals surface area contributed by atoms with E-state index in [0.29, 0.717) is 25.1 Å². The fourth-order valence-corrected chi connectivity index (χ4v) is 3.06. The summed E-state index contributed by atoms with van der Waals surface area (Å²) in [6.45, 7) is 1.85. The van der Waals surface area contributed by atoms with Gasteiger partial charge in [0.2, 0.25) is 11.2 Å². The standard InChI is InChI=1S/C13H16ClN3O2/c1-13(19)4-2-9(3-5-13)17-10(18)6-8-7-15-12(14)16-11(8)17/h7,9,19H,2-6H2,1H3. The molecule has 102 valence electrons. The molecule has 1 fully saturated rings. The van der Waals surface area contributed by atoms with Gasteiger partial charge >= 0.3 is 0 Å². The molecule has 1 aromatic rings. The van der Waals surface area contributed by atoms with Gasteiger partial charge in [-0.25, -0.2) is 4.98 Å². The summed E-state index contributed by atoms with van der Waals surface area (Å²) in [4.78, 5) is 22.0. The van der Waals surface area contributed by atoms with E-state index < -0.39 is 5.60 Å². The molecule has 3 rings (SSSR count). The van der Waals surface area contributed by atoms with Gasteiger partial charge in [0, 0.05) is 17.8 Å². The Balaban J connectivity index is 1.86. The van der Waals surface area contributed by atoms with Crippen LogP contribution in [-0.2, 0) is 11.2 Å². The van der Waals surface area contributed by atoms with Gasteiger partial charge in [0.1, 0.15) is 5.82 Å². The number of amides is 1. The summed E-state index contributed by atoms with van der Waals surface area (Å²) in [7, 11) is 0. The Labute approximate surface area is 116 Å². The third-order valence-corrected chi connectivity index (χ3v) is 4.23. The molecule has 1 aromatic heterocycles. The minimum Gasteiger partial charge on any atom is -0.390 e. The molecule has 1 aliphatic heterocycles. The lowest BCUT2D eigenvalue weighted by atomic mass is 9.83. The number of rotatable bonds is 1. The summed E-state index contributed by atoms with van der Waals surface area (Å²) in [5.41, 5.74) is 0.234. The Kier molecular flexibility index (Phi) is 2.98. The maximum atomic E-state index is 12.2. The van der Waals surface area contributed by atoms with Crippen molar-refractivity contribution in [2.75, 3.05) is 4.90 Å². The van der Waals surface area contributed by atoms with Gasteiger partial charge in [-0.1, -0.05) is 0 Å². The number of nitrogens with zero attached hydrogens (tertiary/aromatic N) is 3. The van der Waals surface area contributed by atoms with Crippen molar-refractivity contribution in [3.63, 3.8) is 0 Å². The third kappa shape index (κ3) is 2.32. The van der Waals surface area contributed by atoms with Crippen molar-refractivity contribution < 1.29 is 9.90 Å². The number of anilines is 1. The second-order valence-corrected chi connectivity index (χ2v) is 5.99. The zero-order valence-electron chi connectivity index (χ0n) is 10.8. The number of aliphatic hydroxyl groups is 1. The molecular formula is C13H16ClN3O2. The first-order valence-corrected chi connectivity index (χ1v) is 6.90. The summed E-state index contributed by atoms with van der Waals surface area (Å²) in [5, 5.41) is 10.2. The van der Waals surface area contributed by atoms with Crippen LogP contribution in [0.25, 0.3) is 0 Å². The van der Waals surface area contributed by atoms with Gasteiger partial charge < -0.3 is 5.11 Å². The van der Waals surface area contributed by atoms with Crippen molar-refractivity contribution >= 4 is 23.3 Å². The van der Waals surface area contributed by atoms with Crippen molar-refractivity contribution in [2.24, 2.45) is 0 Å². The summed E-state index contributed by atoms with van der Waals surface area (Å²) in [6.07, 6.45) is 4.96. The third-order valence-electron chi connectivity index (χ3n) is 4.05.